The summed E-state index contributed by atoms with van der Waals surface area (Å²) in [6, 6.07) is 10.9. The molecular formula is C24H32N4O2. The quantitative estimate of drug-likeness (QED) is 0.704. The first kappa shape index (κ1) is 20.6. The lowest BCUT2D eigenvalue weighted by Crippen LogP contribution is -2.37. The minimum Gasteiger partial charge on any atom is -0.343 e. The molecule has 2 aliphatic rings. The van der Waals surface area contributed by atoms with Gasteiger partial charge in [0.25, 0.3) is 5.91 Å². The summed E-state index contributed by atoms with van der Waals surface area (Å²) in [5.74, 6) is 0.865. The molecule has 4 rings (SSSR count). The van der Waals surface area contributed by atoms with E-state index in [4.69, 9.17) is 0 Å². The van der Waals surface area contributed by atoms with E-state index >= 15 is 0 Å². The van der Waals surface area contributed by atoms with E-state index in [1.165, 1.54) is 11.1 Å². The van der Waals surface area contributed by atoms with Gasteiger partial charge in [-0.15, -0.1) is 0 Å². The molecule has 6 nitrogen and oxygen atoms in total. The zero-order valence-electron chi connectivity index (χ0n) is 18.1. The van der Waals surface area contributed by atoms with Crippen LogP contribution in [0.4, 0.5) is 0 Å². The van der Waals surface area contributed by atoms with Gasteiger partial charge in [0, 0.05) is 45.3 Å². The molecule has 30 heavy (non-hydrogen) atoms. The summed E-state index contributed by atoms with van der Waals surface area (Å²) in [4.78, 5) is 28.4. The van der Waals surface area contributed by atoms with Crippen LogP contribution < -0.4 is 0 Å². The average Bonchev–Trinajstić information content (AvgIpc) is 3.49. The van der Waals surface area contributed by atoms with Crippen molar-refractivity contribution in [3.05, 3.63) is 53.3 Å². The van der Waals surface area contributed by atoms with E-state index in [1.54, 1.807) is 11.6 Å². The molecule has 1 saturated heterocycles. The summed E-state index contributed by atoms with van der Waals surface area (Å²) in [6.07, 6.45) is 7.25. The van der Waals surface area contributed by atoms with Crippen LogP contribution in [0.25, 0.3) is 0 Å². The highest BCUT2D eigenvalue weighted by Crippen LogP contribution is 2.30. The van der Waals surface area contributed by atoms with Gasteiger partial charge in [0.2, 0.25) is 5.91 Å². The lowest BCUT2D eigenvalue weighted by atomic mass is 9.90. The molecule has 0 bridgehead atoms. The van der Waals surface area contributed by atoms with E-state index in [2.05, 4.69) is 29.4 Å². The van der Waals surface area contributed by atoms with Crippen molar-refractivity contribution in [2.75, 3.05) is 13.1 Å². The first-order valence-corrected chi connectivity index (χ1v) is 11.2. The predicted octanol–water partition coefficient (Wildman–Crippen LogP) is 3.51. The number of benzene rings is 1. The third-order valence-corrected chi connectivity index (χ3v) is 6.39. The first-order chi connectivity index (χ1) is 14.5. The van der Waals surface area contributed by atoms with E-state index in [1.807, 2.05) is 29.0 Å². The molecule has 1 aliphatic heterocycles. The van der Waals surface area contributed by atoms with E-state index in [9.17, 15) is 9.59 Å². The summed E-state index contributed by atoms with van der Waals surface area (Å²) in [7, 11) is 0. The number of piperidine rings is 1. The number of likely N-dealkylation sites (tertiary alicyclic amines) is 1. The second-order valence-corrected chi connectivity index (χ2v) is 8.69. The van der Waals surface area contributed by atoms with Crippen LogP contribution in [0.3, 0.4) is 0 Å². The molecule has 2 fully saturated rings. The highest BCUT2D eigenvalue weighted by atomic mass is 16.2. The number of nitrogens with zero attached hydrogens (tertiary/aromatic N) is 4. The Kier molecular flexibility index (Phi) is 6.21. The second kappa shape index (κ2) is 9.02. The molecular weight excluding hydrogens is 376 g/mol. The molecule has 2 heterocycles. The summed E-state index contributed by atoms with van der Waals surface area (Å²) < 4.78 is 1.80. The van der Waals surface area contributed by atoms with Gasteiger partial charge >= 0.3 is 0 Å². The Labute approximate surface area is 178 Å². The minimum atomic E-state index is 0.0333. The Bertz CT molecular complexity index is 877. The number of hydrogen-bond donors (Lipinski definition) is 0. The molecule has 1 saturated carbocycles. The zero-order chi connectivity index (χ0) is 21.1. The first-order valence-electron chi connectivity index (χ1n) is 11.2. The minimum absolute atomic E-state index is 0.0333. The monoisotopic (exact) mass is 408 g/mol. The third-order valence-electron chi connectivity index (χ3n) is 6.39. The van der Waals surface area contributed by atoms with Crippen molar-refractivity contribution in [2.45, 2.75) is 65.1 Å². The molecule has 0 atom stereocenters. The normalized spacial score (nSPS) is 17.2. The molecule has 2 amide bonds. The molecule has 1 aromatic carbocycles. The van der Waals surface area contributed by atoms with Crippen LogP contribution in [0, 0.1) is 5.92 Å². The molecule has 0 N–H and O–H groups in total. The van der Waals surface area contributed by atoms with Gasteiger partial charge < -0.3 is 9.80 Å². The van der Waals surface area contributed by atoms with Gasteiger partial charge in [0.05, 0.1) is 0 Å². The van der Waals surface area contributed by atoms with Gasteiger partial charge in [-0.1, -0.05) is 24.3 Å². The number of carbonyl (C=O) groups is 2. The zero-order valence-corrected chi connectivity index (χ0v) is 18.1. The molecule has 0 unspecified atom stereocenters. The Hall–Kier alpha value is -2.63. The topological polar surface area (TPSA) is 58.4 Å². The third kappa shape index (κ3) is 4.91. The second-order valence-electron chi connectivity index (χ2n) is 8.69. The van der Waals surface area contributed by atoms with Gasteiger partial charge in [-0.2, -0.15) is 5.10 Å². The molecule has 1 aromatic heterocycles. The van der Waals surface area contributed by atoms with Crippen LogP contribution in [-0.4, -0.2) is 50.5 Å². The fourth-order valence-electron chi connectivity index (χ4n) is 4.31. The Morgan fingerprint density at radius 1 is 1.03 bits per heavy atom. The number of hydrogen-bond acceptors (Lipinski definition) is 3. The number of aryl methyl sites for hydroxylation is 1. The van der Waals surface area contributed by atoms with E-state index in [-0.39, 0.29) is 11.8 Å². The standard InChI is InChI=1S/C24H32N4O2/c1-3-27-15-12-23(25-27)24(30)28(22-8-9-22)17-21-6-4-19(5-7-21)16-20-10-13-26(14-11-20)18(2)29/h4-7,12,15,20,22H,3,8-11,13-14,16-17H2,1-2H3. The smallest absolute Gasteiger partial charge is 0.274 e. The number of amides is 2. The highest BCUT2D eigenvalue weighted by molar-refractivity contribution is 5.92. The maximum Gasteiger partial charge on any atom is 0.274 e. The Morgan fingerprint density at radius 2 is 1.70 bits per heavy atom. The van der Waals surface area contributed by atoms with Gasteiger partial charge in [0.15, 0.2) is 0 Å². The van der Waals surface area contributed by atoms with Crippen LogP contribution in [0.1, 0.15) is 61.1 Å². The SMILES string of the molecule is CCn1ccc(C(=O)N(Cc2ccc(CC3CCN(C(C)=O)CC3)cc2)C2CC2)n1. The molecule has 0 radical (unpaired) electrons. The van der Waals surface area contributed by atoms with Crippen molar-refractivity contribution in [3.63, 3.8) is 0 Å². The number of rotatable bonds is 7. The predicted molar refractivity (Wildman–Crippen MR) is 116 cm³/mol. The van der Waals surface area contributed by atoms with Gasteiger partial charge in [0.1, 0.15) is 5.69 Å². The summed E-state index contributed by atoms with van der Waals surface area (Å²) in [5.41, 5.74) is 3.05. The number of aromatic nitrogens is 2. The molecule has 0 spiro atoms. The van der Waals surface area contributed by atoms with Gasteiger partial charge in [-0.3, -0.25) is 14.3 Å². The summed E-state index contributed by atoms with van der Waals surface area (Å²) in [6.45, 7) is 6.85. The van der Waals surface area contributed by atoms with Crippen molar-refractivity contribution in [2.24, 2.45) is 5.92 Å². The number of carbonyl (C=O) groups excluding carboxylic acids is 2. The van der Waals surface area contributed by atoms with Crippen molar-refractivity contribution in [1.82, 2.24) is 19.6 Å². The van der Waals surface area contributed by atoms with Crippen LogP contribution >= 0.6 is 0 Å². The highest BCUT2D eigenvalue weighted by Gasteiger charge is 2.34. The molecule has 160 valence electrons. The van der Waals surface area contributed by atoms with E-state index in [0.29, 0.717) is 24.2 Å². The molecule has 6 heteroatoms. The summed E-state index contributed by atoms with van der Waals surface area (Å²) in [5, 5.41) is 4.40. The van der Waals surface area contributed by atoms with Crippen LogP contribution in [-0.2, 0) is 24.3 Å². The maximum absolute atomic E-state index is 13.0. The van der Waals surface area contributed by atoms with E-state index in [0.717, 1.165) is 51.7 Å². The van der Waals surface area contributed by atoms with Gasteiger partial charge in [-0.25, -0.2) is 0 Å². The van der Waals surface area contributed by atoms with Crippen LogP contribution in [0.5, 0.6) is 0 Å². The lowest BCUT2D eigenvalue weighted by Gasteiger charge is -2.31. The molecule has 1 aliphatic carbocycles. The van der Waals surface area contributed by atoms with Crippen molar-refractivity contribution < 1.29 is 9.59 Å². The van der Waals surface area contributed by atoms with Crippen LogP contribution in [0.2, 0.25) is 0 Å². The van der Waals surface area contributed by atoms with Crippen molar-refractivity contribution in [1.29, 1.82) is 0 Å². The Morgan fingerprint density at radius 3 is 2.27 bits per heavy atom. The van der Waals surface area contributed by atoms with Crippen molar-refractivity contribution >= 4 is 11.8 Å². The molecule has 2 aromatic rings. The Balaban J connectivity index is 1.35. The fraction of sp³-hybridized carbons (Fsp3) is 0.542. The van der Waals surface area contributed by atoms with E-state index < -0.39 is 0 Å². The average molecular weight is 409 g/mol. The van der Waals surface area contributed by atoms with Crippen molar-refractivity contribution in [3.8, 4) is 0 Å². The van der Waals surface area contributed by atoms with Gasteiger partial charge in [-0.05, 0) is 62.1 Å². The lowest BCUT2D eigenvalue weighted by molar-refractivity contribution is -0.130. The fourth-order valence-corrected chi connectivity index (χ4v) is 4.31. The maximum atomic E-state index is 13.0. The summed E-state index contributed by atoms with van der Waals surface area (Å²) >= 11 is 0. The largest absolute Gasteiger partial charge is 0.343 e. The van der Waals surface area contributed by atoms with Crippen LogP contribution in [0.15, 0.2) is 36.5 Å².